The molecule has 0 radical (unpaired) electrons. The fourth-order valence-electron chi connectivity index (χ4n) is 1.31. The van der Waals surface area contributed by atoms with Gasteiger partial charge in [-0.15, -0.1) is 0 Å². The third-order valence-corrected chi connectivity index (χ3v) is 2.45. The molecular formula is C7H12BrNO2. The Hall–Kier alpha value is -0.0900. The Balaban J connectivity index is 2.33. The van der Waals surface area contributed by atoms with Gasteiger partial charge in [0.2, 0.25) is 0 Å². The van der Waals surface area contributed by atoms with Crippen molar-refractivity contribution in [2.75, 3.05) is 20.1 Å². The van der Waals surface area contributed by atoms with E-state index in [4.69, 9.17) is 0 Å². The summed E-state index contributed by atoms with van der Waals surface area (Å²) >= 11 is 2.70. The number of carbonyl (C=O) groups is 1. The first-order valence-electron chi connectivity index (χ1n) is 3.75. The van der Waals surface area contributed by atoms with Gasteiger partial charge >= 0.3 is 5.97 Å². The lowest BCUT2D eigenvalue weighted by Gasteiger charge is -2.26. The molecule has 0 bridgehead atoms. The largest absolute Gasteiger partial charge is 0.383 e. The summed E-state index contributed by atoms with van der Waals surface area (Å²) in [5.41, 5.74) is 0. The van der Waals surface area contributed by atoms with Crippen molar-refractivity contribution < 1.29 is 8.62 Å². The summed E-state index contributed by atoms with van der Waals surface area (Å²) in [6, 6.07) is 0. The van der Waals surface area contributed by atoms with E-state index in [1.807, 2.05) is 0 Å². The minimum absolute atomic E-state index is 0.102. The Kier molecular flexibility index (Phi) is 3.33. The van der Waals surface area contributed by atoms with Crippen molar-refractivity contribution in [2.45, 2.75) is 12.8 Å². The fourth-order valence-corrected chi connectivity index (χ4v) is 1.57. The first-order chi connectivity index (χ1) is 5.24. The summed E-state index contributed by atoms with van der Waals surface area (Å²) in [6.07, 6.45) is 1.84. The van der Waals surface area contributed by atoms with Crippen LogP contribution in [0.2, 0.25) is 0 Å². The lowest BCUT2D eigenvalue weighted by molar-refractivity contribution is -0.138. The second-order valence-corrected chi connectivity index (χ2v) is 3.30. The molecule has 1 heterocycles. The Morgan fingerprint density at radius 1 is 1.55 bits per heavy atom. The molecular weight excluding hydrogens is 210 g/mol. The van der Waals surface area contributed by atoms with E-state index in [1.165, 1.54) is 0 Å². The van der Waals surface area contributed by atoms with E-state index in [0.717, 1.165) is 25.9 Å². The number of nitrogens with zero attached hydrogens (tertiary/aromatic N) is 1. The van der Waals surface area contributed by atoms with E-state index in [2.05, 4.69) is 32.0 Å². The molecule has 1 aliphatic rings. The van der Waals surface area contributed by atoms with Crippen LogP contribution in [0.5, 0.6) is 0 Å². The van der Waals surface area contributed by atoms with E-state index < -0.39 is 0 Å². The van der Waals surface area contributed by atoms with E-state index in [0.29, 0.717) is 0 Å². The second kappa shape index (κ2) is 4.07. The molecule has 0 unspecified atom stereocenters. The maximum absolute atomic E-state index is 11.0. The van der Waals surface area contributed by atoms with Gasteiger partial charge in [0.25, 0.3) is 0 Å². The minimum Gasteiger partial charge on any atom is -0.383 e. The molecule has 0 aromatic heterocycles. The van der Waals surface area contributed by atoms with Gasteiger partial charge in [-0.3, -0.25) is 4.79 Å². The van der Waals surface area contributed by atoms with Gasteiger partial charge in [0.15, 0.2) is 16.3 Å². The highest BCUT2D eigenvalue weighted by Crippen LogP contribution is 2.17. The molecule has 3 nitrogen and oxygen atoms in total. The number of piperidine rings is 1. The Labute approximate surface area is 75.2 Å². The maximum atomic E-state index is 11.0. The number of likely N-dealkylation sites (tertiary alicyclic amines) is 1. The molecule has 64 valence electrons. The molecule has 1 rings (SSSR count). The summed E-state index contributed by atoms with van der Waals surface area (Å²) in [7, 11) is 2.07. The predicted octanol–water partition coefficient (Wildman–Crippen LogP) is 1.18. The van der Waals surface area contributed by atoms with Gasteiger partial charge in [-0.1, -0.05) is 0 Å². The van der Waals surface area contributed by atoms with E-state index in [9.17, 15) is 4.79 Å². The van der Waals surface area contributed by atoms with Crippen LogP contribution >= 0.6 is 16.3 Å². The van der Waals surface area contributed by atoms with Crippen molar-refractivity contribution in [3.05, 3.63) is 0 Å². The molecule has 0 aromatic carbocycles. The van der Waals surface area contributed by atoms with Gasteiger partial charge in [0.05, 0.1) is 5.92 Å². The molecule has 4 heteroatoms. The molecule has 0 saturated carbocycles. The van der Waals surface area contributed by atoms with Gasteiger partial charge in [-0.05, 0) is 33.0 Å². The van der Waals surface area contributed by atoms with Crippen LogP contribution in [-0.4, -0.2) is 31.0 Å². The van der Waals surface area contributed by atoms with Crippen LogP contribution in [0, 0.1) is 5.92 Å². The quantitative estimate of drug-likeness (QED) is 0.667. The predicted molar refractivity (Wildman–Crippen MR) is 45.2 cm³/mol. The molecule has 0 spiro atoms. The molecule has 1 aliphatic heterocycles. The molecule has 0 atom stereocenters. The van der Waals surface area contributed by atoms with Crippen molar-refractivity contribution in [2.24, 2.45) is 5.92 Å². The Bertz CT molecular complexity index is 143. The lowest BCUT2D eigenvalue weighted by atomic mass is 9.98. The zero-order valence-corrected chi connectivity index (χ0v) is 8.13. The zero-order valence-electron chi connectivity index (χ0n) is 6.55. The van der Waals surface area contributed by atoms with Crippen molar-refractivity contribution in [1.29, 1.82) is 0 Å². The average Bonchev–Trinajstić information content (AvgIpc) is 2.05. The highest BCUT2D eigenvalue weighted by atomic mass is 79.9. The van der Waals surface area contributed by atoms with Crippen molar-refractivity contribution in [3.8, 4) is 0 Å². The first kappa shape index (κ1) is 9.00. The summed E-state index contributed by atoms with van der Waals surface area (Å²) < 4.78 is 4.48. The number of rotatable bonds is 1. The molecule has 0 aliphatic carbocycles. The van der Waals surface area contributed by atoms with Gasteiger partial charge in [0, 0.05) is 0 Å². The van der Waals surface area contributed by atoms with Crippen LogP contribution < -0.4 is 0 Å². The Morgan fingerprint density at radius 2 is 2.09 bits per heavy atom. The normalized spacial score (nSPS) is 21.6. The number of halogens is 1. The molecule has 0 aromatic rings. The van der Waals surface area contributed by atoms with Crippen LogP contribution in [0.3, 0.4) is 0 Å². The van der Waals surface area contributed by atoms with Crippen LogP contribution in [-0.2, 0) is 8.62 Å². The van der Waals surface area contributed by atoms with Crippen LogP contribution in [0.4, 0.5) is 0 Å². The standard InChI is InChI=1S/C7H12BrNO2/c1-9-4-2-6(3-5-9)7(10)11-8/h6H,2-5H2,1H3. The van der Waals surface area contributed by atoms with E-state index in [-0.39, 0.29) is 11.9 Å². The third-order valence-electron chi connectivity index (χ3n) is 2.13. The van der Waals surface area contributed by atoms with Crippen molar-refractivity contribution in [3.63, 3.8) is 0 Å². The third kappa shape index (κ3) is 2.45. The molecule has 0 amide bonds. The van der Waals surface area contributed by atoms with E-state index >= 15 is 0 Å². The van der Waals surface area contributed by atoms with Crippen molar-refractivity contribution in [1.82, 2.24) is 4.90 Å². The van der Waals surface area contributed by atoms with Crippen LogP contribution in [0.25, 0.3) is 0 Å². The number of hydrogen-bond donors (Lipinski definition) is 0. The molecule has 11 heavy (non-hydrogen) atoms. The van der Waals surface area contributed by atoms with Crippen LogP contribution in [0.15, 0.2) is 0 Å². The lowest BCUT2D eigenvalue weighted by Crippen LogP contribution is -2.33. The van der Waals surface area contributed by atoms with Gasteiger partial charge in [-0.2, -0.15) is 0 Å². The fraction of sp³-hybridized carbons (Fsp3) is 0.857. The zero-order chi connectivity index (χ0) is 8.27. The summed E-state index contributed by atoms with van der Waals surface area (Å²) in [4.78, 5) is 13.2. The Morgan fingerprint density at radius 3 is 2.55 bits per heavy atom. The SMILES string of the molecule is CN1CCC(C(=O)OBr)CC1. The highest BCUT2D eigenvalue weighted by molar-refractivity contribution is 9.06. The first-order valence-corrected chi connectivity index (χ1v) is 4.39. The summed E-state index contributed by atoms with van der Waals surface area (Å²) in [5, 5.41) is 0. The highest BCUT2D eigenvalue weighted by Gasteiger charge is 2.23. The smallest absolute Gasteiger partial charge is 0.320 e. The molecule has 1 saturated heterocycles. The van der Waals surface area contributed by atoms with Gasteiger partial charge in [0.1, 0.15) is 0 Å². The molecule has 0 N–H and O–H groups in total. The van der Waals surface area contributed by atoms with Gasteiger partial charge in [-0.25, -0.2) is 0 Å². The monoisotopic (exact) mass is 221 g/mol. The van der Waals surface area contributed by atoms with E-state index in [1.54, 1.807) is 0 Å². The maximum Gasteiger partial charge on any atom is 0.320 e. The minimum atomic E-state index is -0.127. The average molecular weight is 222 g/mol. The van der Waals surface area contributed by atoms with Gasteiger partial charge < -0.3 is 8.73 Å². The number of carbonyl (C=O) groups excluding carboxylic acids is 1. The van der Waals surface area contributed by atoms with Crippen molar-refractivity contribution >= 4 is 22.2 Å². The summed E-state index contributed by atoms with van der Waals surface area (Å²) in [6.45, 7) is 1.99. The summed E-state index contributed by atoms with van der Waals surface area (Å²) in [5.74, 6) is -0.0244. The topological polar surface area (TPSA) is 29.5 Å². The second-order valence-electron chi connectivity index (χ2n) is 2.97. The molecule has 1 fully saturated rings. The number of hydrogen-bond acceptors (Lipinski definition) is 3. The van der Waals surface area contributed by atoms with Crippen LogP contribution in [0.1, 0.15) is 12.8 Å².